The summed E-state index contributed by atoms with van der Waals surface area (Å²) in [5, 5.41) is 0. The van der Waals surface area contributed by atoms with Crippen LogP contribution in [0, 0.1) is 83.1 Å². The van der Waals surface area contributed by atoms with Gasteiger partial charge in [0, 0.05) is 76.5 Å². The Morgan fingerprint density at radius 3 is 0.902 bits per heavy atom. The first kappa shape index (κ1) is 48.8. The van der Waals surface area contributed by atoms with Gasteiger partial charge in [0.1, 0.15) is 36.3 Å². The summed E-state index contributed by atoms with van der Waals surface area (Å²) in [5.74, 6) is 2.94. The van der Waals surface area contributed by atoms with Gasteiger partial charge in [-0.3, -0.25) is 0 Å². The molecule has 0 aromatic heterocycles. The Labute approximate surface area is 489 Å². The summed E-state index contributed by atoms with van der Waals surface area (Å²) in [6.07, 6.45) is 0. The summed E-state index contributed by atoms with van der Waals surface area (Å²) >= 11 is 0. The van der Waals surface area contributed by atoms with Crippen molar-refractivity contribution >= 4 is 79.6 Å². The van der Waals surface area contributed by atoms with Gasteiger partial charge in [-0.1, -0.05) is 24.3 Å². The Kier molecular flexibility index (Phi) is 11.9. The molecule has 10 nitrogen and oxygen atoms in total. The summed E-state index contributed by atoms with van der Waals surface area (Å²) in [5.41, 5.74) is 29.8. The minimum absolute atomic E-state index is 0.211. The van der Waals surface area contributed by atoms with Crippen molar-refractivity contribution in [1.82, 2.24) is 0 Å². The molecule has 4 heterocycles. The number of anilines is 14. The average Bonchev–Trinajstić information content (AvgIpc) is 1.87. The van der Waals surface area contributed by atoms with Crippen LogP contribution in [-0.2, 0) is 0 Å². The van der Waals surface area contributed by atoms with E-state index >= 15 is 0 Å². The third kappa shape index (κ3) is 8.61. The van der Waals surface area contributed by atoms with Crippen LogP contribution in [0.3, 0.4) is 0 Å². The van der Waals surface area contributed by atoms with Crippen molar-refractivity contribution < 1.29 is 13.6 Å². The molecule has 9 aromatic rings. The van der Waals surface area contributed by atoms with Crippen molar-refractivity contribution in [2.75, 3.05) is 79.9 Å². The van der Waals surface area contributed by atoms with Gasteiger partial charge in [0.15, 0.2) is 0 Å². The van der Waals surface area contributed by atoms with Crippen LogP contribution in [0.4, 0.5) is 79.6 Å². The molecule has 0 atom stereocenters. The number of fused-ring (bicyclic) bond motifs is 4. The lowest BCUT2D eigenvalue weighted by molar-refractivity contribution is 0.482. The highest BCUT2D eigenvalue weighted by molar-refractivity contribution is 5.93. The van der Waals surface area contributed by atoms with E-state index in [4.69, 9.17) is 13.6 Å². The minimum Gasteiger partial charge on any atom is -0.457 e. The van der Waals surface area contributed by atoms with Gasteiger partial charge in [-0.25, -0.2) is 0 Å². The van der Waals surface area contributed by atoms with Crippen LogP contribution < -0.4 is 48.7 Å². The van der Waals surface area contributed by atoms with Crippen molar-refractivity contribution in [3.05, 3.63) is 212 Å². The number of benzene rings is 9. The van der Waals surface area contributed by atoms with Gasteiger partial charge in [0.05, 0.1) is 58.8 Å². The van der Waals surface area contributed by atoms with Crippen LogP contribution in [0.25, 0.3) is 0 Å². The third-order valence-corrected chi connectivity index (χ3v) is 18.4. The molecule has 0 N–H and O–H groups in total. The van der Waals surface area contributed by atoms with Crippen LogP contribution in [0.15, 0.2) is 146 Å². The molecule has 82 heavy (non-hydrogen) atoms. The zero-order valence-corrected chi connectivity index (χ0v) is 49.6. The Morgan fingerprint density at radius 1 is 0.293 bits per heavy atom. The minimum atomic E-state index is -2.30. The van der Waals surface area contributed by atoms with E-state index in [1.165, 1.54) is 61.4 Å². The molecule has 4 aliphatic rings. The van der Waals surface area contributed by atoms with E-state index in [0.717, 1.165) is 103 Å². The maximum atomic E-state index is 8.48. The smallest absolute Gasteiger partial charge is 0.129 e. The highest BCUT2D eigenvalue weighted by Crippen LogP contribution is 2.52. The fourth-order valence-electron chi connectivity index (χ4n) is 12.9. The maximum Gasteiger partial charge on any atom is 0.129 e. The molecule has 0 aliphatic carbocycles. The standard InChI is InChI=1S/C72H74N8O2/c1-43-31-65-67(33-45(43)3)77(57-19-15-23-61(35-57)81-63-25-17-21-59(37-63)79-39-73(13)69-51(9)47(5)49(7)53(11)71(69)79)41-75(65)55-27-29-56(30-28-55)76-42-78(68-34-46(4)44(2)32-66(68)76)58-20-16-24-62(36-58)82-64-26-18-22-60(38-64)80-40-74(14)70-52(10)48(6)50(8)54(12)72(70)80/h15-38H,39-42H2,1-14H3/i13D3. The van der Waals surface area contributed by atoms with Gasteiger partial charge in [-0.05, 0) is 247 Å². The summed E-state index contributed by atoms with van der Waals surface area (Å²) in [6.45, 7) is 26.0. The predicted molar refractivity (Wildman–Crippen MR) is 344 cm³/mol. The van der Waals surface area contributed by atoms with Gasteiger partial charge in [-0.15, -0.1) is 0 Å². The largest absolute Gasteiger partial charge is 0.457 e. The number of ether oxygens (including phenoxy) is 2. The molecule has 10 heteroatoms. The molecule has 0 unspecified atom stereocenters. The van der Waals surface area contributed by atoms with Gasteiger partial charge >= 0.3 is 0 Å². The van der Waals surface area contributed by atoms with Crippen molar-refractivity contribution in [2.45, 2.75) is 83.1 Å². The fourth-order valence-corrected chi connectivity index (χ4v) is 12.9. The number of aryl methyl sites for hydroxylation is 4. The summed E-state index contributed by atoms with van der Waals surface area (Å²) in [6, 6.07) is 51.5. The average molecular weight is 1090 g/mol. The van der Waals surface area contributed by atoms with E-state index in [2.05, 4.69) is 215 Å². The molecule has 9 aromatic carbocycles. The molecule has 0 radical (unpaired) electrons. The van der Waals surface area contributed by atoms with E-state index in [9.17, 15) is 0 Å². The third-order valence-electron chi connectivity index (χ3n) is 18.4. The van der Waals surface area contributed by atoms with Crippen molar-refractivity contribution in [3.63, 3.8) is 0 Å². The first-order chi connectivity index (χ1) is 40.6. The Hall–Kier alpha value is -9.02. The summed E-state index contributed by atoms with van der Waals surface area (Å²) in [4.78, 5) is 18.0. The molecule has 13 rings (SSSR count). The normalized spacial score (nSPS) is 15.0. The van der Waals surface area contributed by atoms with Crippen molar-refractivity contribution in [3.8, 4) is 23.0 Å². The van der Waals surface area contributed by atoms with Gasteiger partial charge < -0.3 is 48.7 Å². The molecule has 0 spiro atoms. The summed E-state index contributed by atoms with van der Waals surface area (Å²) in [7, 11) is 2.18. The monoisotopic (exact) mass is 1090 g/mol. The first-order valence-corrected chi connectivity index (χ1v) is 28.6. The van der Waals surface area contributed by atoms with Crippen LogP contribution in [0.5, 0.6) is 23.0 Å². The van der Waals surface area contributed by atoms with Crippen molar-refractivity contribution in [1.29, 1.82) is 0 Å². The fraction of sp³-hybridized carbons (Fsp3) is 0.250. The molecular formula is C72H74N8O2. The van der Waals surface area contributed by atoms with Gasteiger partial charge in [-0.2, -0.15) is 0 Å². The molecular weight excluding hydrogens is 1010 g/mol. The zero-order valence-electron chi connectivity index (χ0n) is 52.6. The highest BCUT2D eigenvalue weighted by Gasteiger charge is 2.35. The van der Waals surface area contributed by atoms with E-state index in [1.807, 2.05) is 55.5 Å². The van der Waals surface area contributed by atoms with Crippen LogP contribution in [-0.4, -0.2) is 40.7 Å². The van der Waals surface area contributed by atoms with E-state index in [1.54, 1.807) is 4.90 Å². The SMILES string of the molecule is [2H]C([2H])([2H])N1CN(c2cccc(Oc3cccc(N4CN(c5ccc(N6CN(c7cccc(Oc8cccc(N9CN(C)c%10c(C)c(C)c(C)c(C)c%109)c8)c7)c7cc(C)c(C)cc76)cc5)c5cc(C)c(C)cc54)c3)c2)c2c(C)c(C)c(C)c(C)c21. The lowest BCUT2D eigenvalue weighted by atomic mass is 9.95. The molecule has 0 fully saturated rings. The lowest BCUT2D eigenvalue weighted by Crippen LogP contribution is -2.25. The van der Waals surface area contributed by atoms with Crippen LogP contribution >= 0.6 is 0 Å². The number of hydrogen-bond donors (Lipinski definition) is 0. The van der Waals surface area contributed by atoms with Crippen LogP contribution in [0.1, 0.15) is 70.9 Å². The van der Waals surface area contributed by atoms with E-state index < -0.39 is 6.98 Å². The number of rotatable bonds is 10. The first-order valence-electron chi connectivity index (χ1n) is 30.1. The Morgan fingerprint density at radius 2 is 0.573 bits per heavy atom. The highest BCUT2D eigenvalue weighted by atomic mass is 16.5. The van der Waals surface area contributed by atoms with Gasteiger partial charge in [0.2, 0.25) is 0 Å². The molecule has 0 saturated heterocycles. The maximum absolute atomic E-state index is 8.48. The molecule has 414 valence electrons. The second-order valence-electron chi connectivity index (χ2n) is 23.2. The second-order valence-corrected chi connectivity index (χ2v) is 23.2. The van der Waals surface area contributed by atoms with E-state index in [0.29, 0.717) is 24.8 Å². The lowest BCUT2D eigenvalue weighted by Gasteiger charge is -2.25. The Balaban J connectivity index is 0.746. The predicted octanol–water partition coefficient (Wildman–Crippen LogP) is 18.6. The molecule has 0 bridgehead atoms. The molecule has 0 amide bonds. The van der Waals surface area contributed by atoms with E-state index in [-0.39, 0.29) is 6.67 Å². The zero-order chi connectivity index (χ0) is 59.7. The number of nitrogens with zero attached hydrogens (tertiary/aromatic N) is 8. The van der Waals surface area contributed by atoms with Crippen LogP contribution in [0.2, 0.25) is 0 Å². The number of hydrogen-bond acceptors (Lipinski definition) is 10. The quantitative estimate of drug-likeness (QED) is 0.132. The summed E-state index contributed by atoms with van der Waals surface area (Å²) < 4.78 is 38.9. The van der Waals surface area contributed by atoms with Crippen molar-refractivity contribution in [2.24, 2.45) is 0 Å². The molecule has 0 saturated carbocycles. The molecule has 4 aliphatic heterocycles. The van der Waals surface area contributed by atoms with Gasteiger partial charge in [0.25, 0.3) is 0 Å². The topological polar surface area (TPSA) is 44.4 Å². The second kappa shape index (κ2) is 19.9. The Bertz CT molecular complexity index is 4200.